The number of nitrogens with zero attached hydrogens (tertiary/aromatic N) is 1. The minimum absolute atomic E-state index is 0. The molecule has 2 aromatic rings. The van der Waals surface area contributed by atoms with Crippen LogP contribution < -0.4 is 16.0 Å². The third kappa shape index (κ3) is 8.70. The van der Waals surface area contributed by atoms with Gasteiger partial charge in [-0.05, 0) is 42.8 Å². The molecule has 0 radical (unpaired) electrons. The highest BCUT2D eigenvalue weighted by molar-refractivity contribution is 14.0. The Morgan fingerprint density at radius 3 is 2.63 bits per heavy atom. The summed E-state index contributed by atoms with van der Waals surface area (Å²) in [6.07, 6.45) is 1.34. The van der Waals surface area contributed by atoms with Gasteiger partial charge < -0.3 is 16.0 Å². The molecular formula is C19H26FIN4OS. The Bertz CT molecular complexity index is 709. The SMILES string of the molecule is CCNC(=NCCCNC(=O)c1cccs1)NCCc1ccccc1F.I. The number of halogens is 2. The summed E-state index contributed by atoms with van der Waals surface area (Å²) in [6, 6.07) is 10.5. The molecule has 0 aliphatic heterocycles. The van der Waals surface area contributed by atoms with Crippen LogP contribution >= 0.6 is 35.3 Å². The van der Waals surface area contributed by atoms with E-state index in [-0.39, 0.29) is 35.7 Å². The molecule has 1 aromatic heterocycles. The van der Waals surface area contributed by atoms with Crippen molar-refractivity contribution in [2.45, 2.75) is 19.8 Å². The summed E-state index contributed by atoms with van der Waals surface area (Å²) in [7, 11) is 0. The van der Waals surface area contributed by atoms with Gasteiger partial charge in [-0.3, -0.25) is 9.79 Å². The van der Waals surface area contributed by atoms with Crippen molar-refractivity contribution in [2.75, 3.05) is 26.2 Å². The Hall–Kier alpha value is -1.68. The topological polar surface area (TPSA) is 65.5 Å². The van der Waals surface area contributed by atoms with Crippen molar-refractivity contribution in [3.63, 3.8) is 0 Å². The van der Waals surface area contributed by atoms with Crippen molar-refractivity contribution >= 4 is 47.2 Å². The number of carbonyl (C=O) groups excluding carboxylic acids is 1. The molecule has 148 valence electrons. The van der Waals surface area contributed by atoms with Crippen LogP contribution in [0, 0.1) is 5.82 Å². The number of hydrogen-bond donors (Lipinski definition) is 3. The first-order chi connectivity index (χ1) is 12.7. The van der Waals surface area contributed by atoms with Crippen molar-refractivity contribution in [1.82, 2.24) is 16.0 Å². The summed E-state index contributed by atoms with van der Waals surface area (Å²) in [4.78, 5) is 17.0. The van der Waals surface area contributed by atoms with Gasteiger partial charge in [0.2, 0.25) is 0 Å². The molecule has 0 aliphatic rings. The molecule has 0 atom stereocenters. The number of aliphatic imine (C=N–C) groups is 1. The Kier molecular flexibility index (Phi) is 11.7. The summed E-state index contributed by atoms with van der Waals surface area (Å²) < 4.78 is 13.6. The first-order valence-corrected chi connectivity index (χ1v) is 9.66. The lowest BCUT2D eigenvalue weighted by Gasteiger charge is -2.11. The molecule has 1 amide bonds. The molecule has 0 saturated heterocycles. The summed E-state index contributed by atoms with van der Waals surface area (Å²) in [6.45, 7) is 4.52. The maximum atomic E-state index is 13.6. The third-order valence-corrected chi connectivity index (χ3v) is 4.49. The number of nitrogens with one attached hydrogen (secondary N) is 3. The second kappa shape index (κ2) is 13.5. The van der Waals surface area contributed by atoms with E-state index < -0.39 is 0 Å². The number of amides is 1. The highest BCUT2D eigenvalue weighted by Gasteiger charge is 2.05. The van der Waals surface area contributed by atoms with Gasteiger partial charge in [0.1, 0.15) is 5.82 Å². The van der Waals surface area contributed by atoms with Crippen LogP contribution in [0.15, 0.2) is 46.8 Å². The smallest absolute Gasteiger partial charge is 0.261 e. The van der Waals surface area contributed by atoms with Crippen LogP contribution in [0.3, 0.4) is 0 Å². The van der Waals surface area contributed by atoms with E-state index in [4.69, 9.17) is 0 Å². The second-order valence-corrected chi connectivity index (χ2v) is 6.56. The van der Waals surface area contributed by atoms with Crippen LogP contribution in [0.5, 0.6) is 0 Å². The lowest BCUT2D eigenvalue weighted by atomic mass is 10.1. The zero-order valence-corrected chi connectivity index (χ0v) is 18.5. The molecule has 2 rings (SSSR count). The summed E-state index contributed by atoms with van der Waals surface area (Å²) in [5.74, 6) is 0.477. The molecule has 0 bridgehead atoms. The lowest BCUT2D eigenvalue weighted by Crippen LogP contribution is -2.38. The summed E-state index contributed by atoms with van der Waals surface area (Å²) >= 11 is 1.43. The first-order valence-electron chi connectivity index (χ1n) is 8.78. The van der Waals surface area contributed by atoms with E-state index in [1.54, 1.807) is 18.2 Å². The molecule has 0 spiro atoms. The molecule has 5 nitrogen and oxygen atoms in total. The number of carbonyl (C=O) groups is 1. The van der Waals surface area contributed by atoms with Crippen molar-refractivity contribution in [1.29, 1.82) is 0 Å². The second-order valence-electron chi connectivity index (χ2n) is 5.62. The Balaban J connectivity index is 0.00000364. The number of rotatable bonds is 9. The van der Waals surface area contributed by atoms with Gasteiger partial charge in [0.25, 0.3) is 5.91 Å². The third-order valence-electron chi connectivity index (χ3n) is 3.62. The maximum absolute atomic E-state index is 13.6. The van der Waals surface area contributed by atoms with Gasteiger partial charge in [-0.2, -0.15) is 0 Å². The summed E-state index contributed by atoms with van der Waals surface area (Å²) in [5, 5.41) is 11.1. The fourth-order valence-corrected chi connectivity index (χ4v) is 2.97. The zero-order chi connectivity index (χ0) is 18.6. The standard InChI is InChI=1S/C19H25FN4OS.HI/c1-2-21-19(24-13-10-15-7-3-4-8-16(15)20)23-12-6-11-22-18(25)17-9-5-14-26-17;/h3-5,7-9,14H,2,6,10-13H2,1H3,(H,22,25)(H2,21,23,24);1H. The predicted molar refractivity (Wildman–Crippen MR) is 121 cm³/mol. The van der Waals surface area contributed by atoms with E-state index in [1.165, 1.54) is 17.4 Å². The van der Waals surface area contributed by atoms with Gasteiger partial charge >= 0.3 is 0 Å². The van der Waals surface area contributed by atoms with Gasteiger partial charge in [-0.25, -0.2) is 4.39 Å². The van der Waals surface area contributed by atoms with Crippen LogP contribution in [0.25, 0.3) is 0 Å². The average Bonchev–Trinajstić information content (AvgIpc) is 3.17. The lowest BCUT2D eigenvalue weighted by molar-refractivity contribution is 0.0957. The van der Waals surface area contributed by atoms with Crippen LogP contribution in [0.1, 0.15) is 28.6 Å². The van der Waals surface area contributed by atoms with Crippen molar-refractivity contribution < 1.29 is 9.18 Å². The normalized spacial score (nSPS) is 10.8. The molecule has 8 heteroatoms. The van der Waals surface area contributed by atoms with Gasteiger partial charge in [0.05, 0.1) is 4.88 Å². The largest absolute Gasteiger partial charge is 0.357 e. The van der Waals surface area contributed by atoms with E-state index in [1.807, 2.05) is 24.4 Å². The monoisotopic (exact) mass is 504 g/mol. The Labute approximate surface area is 180 Å². The molecule has 3 N–H and O–H groups in total. The van der Waals surface area contributed by atoms with Crippen LogP contribution in [0.4, 0.5) is 4.39 Å². The highest BCUT2D eigenvalue weighted by Crippen LogP contribution is 2.07. The van der Waals surface area contributed by atoms with E-state index in [9.17, 15) is 9.18 Å². The number of hydrogen-bond acceptors (Lipinski definition) is 3. The van der Waals surface area contributed by atoms with Gasteiger partial charge in [0, 0.05) is 26.2 Å². The van der Waals surface area contributed by atoms with E-state index in [2.05, 4.69) is 20.9 Å². The van der Waals surface area contributed by atoms with Crippen molar-refractivity contribution in [3.05, 3.63) is 58.0 Å². The minimum Gasteiger partial charge on any atom is -0.357 e. The number of guanidine groups is 1. The molecule has 0 unspecified atom stereocenters. The first kappa shape index (κ1) is 23.4. The zero-order valence-electron chi connectivity index (χ0n) is 15.3. The number of benzene rings is 1. The molecule has 0 saturated carbocycles. The summed E-state index contributed by atoms with van der Waals surface area (Å²) in [5.41, 5.74) is 0.687. The van der Waals surface area contributed by atoms with E-state index in [0.29, 0.717) is 37.6 Å². The van der Waals surface area contributed by atoms with E-state index in [0.717, 1.165) is 17.8 Å². The van der Waals surface area contributed by atoms with Crippen LogP contribution in [-0.2, 0) is 6.42 Å². The fraction of sp³-hybridized carbons (Fsp3) is 0.368. The Morgan fingerprint density at radius 1 is 1.11 bits per heavy atom. The molecule has 1 heterocycles. The molecular weight excluding hydrogens is 478 g/mol. The molecule has 0 aliphatic carbocycles. The predicted octanol–water partition coefficient (Wildman–Crippen LogP) is 3.42. The van der Waals surface area contributed by atoms with Gasteiger partial charge in [-0.1, -0.05) is 24.3 Å². The Morgan fingerprint density at radius 2 is 1.93 bits per heavy atom. The fourth-order valence-electron chi connectivity index (χ4n) is 2.33. The number of thiophene rings is 1. The van der Waals surface area contributed by atoms with E-state index >= 15 is 0 Å². The average molecular weight is 504 g/mol. The molecule has 0 fully saturated rings. The van der Waals surface area contributed by atoms with Gasteiger partial charge in [-0.15, -0.1) is 35.3 Å². The molecule has 1 aromatic carbocycles. The van der Waals surface area contributed by atoms with Crippen LogP contribution in [-0.4, -0.2) is 38.0 Å². The molecule has 27 heavy (non-hydrogen) atoms. The quantitative estimate of drug-likeness (QED) is 0.212. The maximum Gasteiger partial charge on any atom is 0.261 e. The van der Waals surface area contributed by atoms with Crippen LogP contribution in [0.2, 0.25) is 0 Å². The van der Waals surface area contributed by atoms with Crippen molar-refractivity contribution in [2.24, 2.45) is 4.99 Å². The highest BCUT2D eigenvalue weighted by atomic mass is 127. The van der Waals surface area contributed by atoms with Gasteiger partial charge in [0.15, 0.2) is 5.96 Å². The van der Waals surface area contributed by atoms with Crippen molar-refractivity contribution in [3.8, 4) is 0 Å². The minimum atomic E-state index is -0.183.